The maximum atomic E-state index is 13.1. The van der Waals surface area contributed by atoms with E-state index >= 15 is 0 Å². The summed E-state index contributed by atoms with van der Waals surface area (Å²) in [7, 11) is 0. The molecule has 148 valence electrons. The van der Waals surface area contributed by atoms with Crippen LogP contribution in [0.5, 0.6) is 0 Å². The van der Waals surface area contributed by atoms with E-state index in [0.717, 1.165) is 44.9 Å². The number of Topliss-reactive ketones (excluding diaryl/α,β-unsaturated/α-hetero) is 2. The average molecular weight is 361 g/mol. The highest BCUT2D eigenvalue weighted by Crippen LogP contribution is 2.37. The summed E-state index contributed by atoms with van der Waals surface area (Å²) in [5.41, 5.74) is -0.779. The highest BCUT2D eigenvalue weighted by Gasteiger charge is 2.38. The second-order valence-electron chi connectivity index (χ2n) is 9.27. The quantitative estimate of drug-likeness (QED) is 0.516. The standard InChI is InChI=1S/C24H40O2/c1-6-7-15-20-16-13-11-9-8-10-12-14-18-23(2,3)22(26)24(4,5)19-17-21(20)25/h6,10,12,20H,1,7-9,11,13-19H2,2-5H3/b12-10+. The molecular weight excluding hydrogens is 320 g/mol. The Morgan fingerprint density at radius 1 is 1.00 bits per heavy atom. The van der Waals surface area contributed by atoms with Crippen molar-refractivity contribution in [2.75, 3.05) is 0 Å². The van der Waals surface area contributed by atoms with E-state index in [0.29, 0.717) is 24.4 Å². The van der Waals surface area contributed by atoms with Crippen molar-refractivity contribution in [3.63, 3.8) is 0 Å². The fourth-order valence-electron chi connectivity index (χ4n) is 4.08. The summed E-state index contributed by atoms with van der Waals surface area (Å²) in [4.78, 5) is 25.9. The third-order valence-corrected chi connectivity index (χ3v) is 5.93. The summed E-state index contributed by atoms with van der Waals surface area (Å²) in [5, 5.41) is 0. The SMILES string of the molecule is C=CCCC1CCCCC/C=C/CCC(C)(C)C(=O)C(C)(C)CCC1=O. The number of carbonyl (C=O) groups excluding carboxylic acids is 2. The minimum absolute atomic E-state index is 0.135. The number of allylic oxidation sites excluding steroid dienone is 3. The molecule has 1 rings (SSSR count). The van der Waals surface area contributed by atoms with Gasteiger partial charge in [-0.3, -0.25) is 9.59 Å². The molecule has 0 spiro atoms. The molecule has 1 unspecified atom stereocenters. The van der Waals surface area contributed by atoms with Crippen LogP contribution in [-0.2, 0) is 9.59 Å². The first-order chi connectivity index (χ1) is 12.2. The lowest BCUT2D eigenvalue weighted by Crippen LogP contribution is -2.37. The van der Waals surface area contributed by atoms with E-state index in [2.05, 4.69) is 32.6 Å². The monoisotopic (exact) mass is 360 g/mol. The van der Waals surface area contributed by atoms with Crippen LogP contribution < -0.4 is 0 Å². The summed E-state index contributed by atoms with van der Waals surface area (Å²) in [6.07, 6.45) is 16.8. The topological polar surface area (TPSA) is 34.1 Å². The highest BCUT2D eigenvalue weighted by molar-refractivity contribution is 5.90. The van der Waals surface area contributed by atoms with Gasteiger partial charge in [-0.2, -0.15) is 0 Å². The van der Waals surface area contributed by atoms with Crippen LogP contribution >= 0.6 is 0 Å². The molecule has 2 heteroatoms. The number of ketones is 2. The maximum Gasteiger partial charge on any atom is 0.144 e. The first-order valence-corrected chi connectivity index (χ1v) is 10.5. The number of hydrogen-bond donors (Lipinski definition) is 0. The third kappa shape index (κ3) is 7.60. The van der Waals surface area contributed by atoms with Gasteiger partial charge in [0.2, 0.25) is 0 Å². The van der Waals surface area contributed by atoms with Gasteiger partial charge in [0.25, 0.3) is 0 Å². The summed E-state index contributed by atoms with van der Waals surface area (Å²) >= 11 is 0. The molecule has 2 nitrogen and oxygen atoms in total. The van der Waals surface area contributed by atoms with Gasteiger partial charge in [-0.1, -0.05) is 58.8 Å². The van der Waals surface area contributed by atoms with Gasteiger partial charge < -0.3 is 0 Å². The Labute approximate surface area is 161 Å². The van der Waals surface area contributed by atoms with Gasteiger partial charge in [0, 0.05) is 23.2 Å². The zero-order chi connectivity index (χ0) is 19.6. The van der Waals surface area contributed by atoms with Gasteiger partial charge in [-0.15, -0.1) is 6.58 Å². The molecule has 0 aromatic heterocycles. The van der Waals surface area contributed by atoms with E-state index in [1.165, 1.54) is 12.8 Å². The predicted octanol–water partition coefficient (Wildman–Crippen LogP) is 6.84. The van der Waals surface area contributed by atoms with E-state index in [4.69, 9.17) is 0 Å². The van der Waals surface area contributed by atoms with Crippen molar-refractivity contribution in [1.82, 2.24) is 0 Å². The largest absolute Gasteiger partial charge is 0.299 e. The molecule has 1 atom stereocenters. The van der Waals surface area contributed by atoms with Crippen molar-refractivity contribution in [3.8, 4) is 0 Å². The molecule has 26 heavy (non-hydrogen) atoms. The summed E-state index contributed by atoms with van der Waals surface area (Å²) in [5.74, 6) is 0.772. The van der Waals surface area contributed by atoms with Crippen LogP contribution in [0, 0.1) is 16.7 Å². The molecule has 0 N–H and O–H groups in total. The number of hydrogen-bond acceptors (Lipinski definition) is 2. The maximum absolute atomic E-state index is 13.1. The van der Waals surface area contributed by atoms with Gasteiger partial charge in [-0.05, 0) is 51.4 Å². The van der Waals surface area contributed by atoms with Crippen LogP contribution in [-0.4, -0.2) is 11.6 Å². The molecule has 1 aliphatic rings. The first-order valence-electron chi connectivity index (χ1n) is 10.5. The summed E-state index contributed by atoms with van der Waals surface area (Å²) < 4.78 is 0. The Morgan fingerprint density at radius 2 is 1.65 bits per heavy atom. The fraction of sp³-hybridized carbons (Fsp3) is 0.750. The fourth-order valence-corrected chi connectivity index (χ4v) is 4.08. The molecule has 0 heterocycles. The van der Waals surface area contributed by atoms with Gasteiger partial charge in [0.15, 0.2) is 0 Å². The van der Waals surface area contributed by atoms with Crippen LogP contribution in [0.25, 0.3) is 0 Å². The predicted molar refractivity (Wildman–Crippen MR) is 111 cm³/mol. The van der Waals surface area contributed by atoms with Crippen molar-refractivity contribution in [2.24, 2.45) is 16.7 Å². The first kappa shape index (κ1) is 22.9. The molecule has 0 aromatic rings. The van der Waals surface area contributed by atoms with Crippen LogP contribution in [0.15, 0.2) is 24.8 Å². The van der Waals surface area contributed by atoms with Crippen molar-refractivity contribution in [1.29, 1.82) is 0 Å². The second kappa shape index (κ2) is 10.8. The zero-order valence-electron chi connectivity index (χ0n) is 17.6. The lowest BCUT2D eigenvalue weighted by molar-refractivity contribution is -0.137. The molecule has 0 radical (unpaired) electrons. The Kier molecular flexibility index (Phi) is 9.54. The molecule has 0 aromatic carbocycles. The van der Waals surface area contributed by atoms with Gasteiger partial charge >= 0.3 is 0 Å². The molecule has 0 saturated heterocycles. The van der Waals surface area contributed by atoms with Crippen molar-refractivity contribution >= 4 is 11.6 Å². The minimum atomic E-state index is -0.442. The molecule has 0 fully saturated rings. The molecule has 1 aliphatic carbocycles. The normalized spacial score (nSPS) is 27.0. The number of carbonyl (C=O) groups is 2. The van der Waals surface area contributed by atoms with Gasteiger partial charge in [-0.25, -0.2) is 0 Å². The van der Waals surface area contributed by atoms with Crippen LogP contribution in [0.3, 0.4) is 0 Å². The van der Waals surface area contributed by atoms with Gasteiger partial charge in [0.05, 0.1) is 0 Å². The van der Waals surface area contributed by atoms with E-state index in [1.807, 2.05) is 19.9 Å². The molecular formula is C24H40O2. The Bertz CT molecular complexity index is 496. The molecule has 0 saturated carbocycles. The Hall–Kier alpha value is -1.18. The Morgan fingerprint density at radius 3 is 2.35 bits per heavy atom. The van der Waals surface area contributed by atoms with Crippen molar-refractivity contribution < 1.29 is 9.59 Å². The van der Waals surface area contributed by atoms with Crippen LogP contribution in [0.1, 0.15) is 98.3 Å². The van der Waals surface area contributed by atoms with Crippen molar-refractivity contribution in [2.45, 2.75) is 98.3 Å². The van der Waals surface area contributed by atoms with E-state index < -0.39 is 5.41 Å². The minimum Gasteiger partial charge on any atom is -0.299 e. The molecule has 0 amide bonds. The highest BCUT2D eigenvalue weighted by atomic mass is 16.1. The summed E-state index contributed by atoms with van der Waals surface area (Å²) in [6, 6.07) is 0. The summed E-state index contributed by atoms with van der Waals surface area (Å²) in [6.45, 7) is 11.9. The lowest BCUT2D eigenvalue weighted by Gasteiger charge is -2.33. The molecule has 0 aliphatic heterocycles. The smallest absolute Gasteiger partial charge is 0.144 e. The lowest BCUT2D eigenvalue weighted by atomic mass is 9.69. The van der Waals surface area contributed by atoms with Gasteiger partial charge in [0.1, 0.15) is 11.6 Å². The van der Waals surface area contributed by atoms with Crippen molar-refractivity contribution in [3.05, 3.63) is 24.8 Å². The average Bonchev–Trinajstić information content (AvgIpc) is 2.59. The molecule has 0 bridgehead atoms. The number of rotatable bonds is 3. The third-order valence-electron chi connectivity index (χ3n) is 5.93. The van der Waals surface area contributed by atoms with Crippen LogP contribution in [0.2, 0.25) is 0 Å². The van der Waals surface area contributed by atoms with Crippen LogP contribution in [0.4, 0.5) is 0 Å². The zero-order valence-corrected chi connectivity index (χ0v) is 17.6. The Balaban J connectivity index is 2.88. The second-order valence-corrected chi connectivity index (χ2v) is 9.27. The van der Waals surface area contributed by atoms with E-state index in [9.17, 15) is 9.59 Å². The van der Waals surface area contributed by atoms with E-state index in [1.54, 1.807) is 0 Å². The van der Waals surface area contributed by atoms with E-state index in [-0.39, 0.29) is 11.3 Å².